The monoisotopic (exact) mass is 789 g/mol. The van der Waals surface area contributed by atoms with Crippen molar-refractivity contribution in [2.75, 3.05) is 92.2 Å². The number of amides is 2. The van der Waals surface area contributed by atoms with Gasteiger partial charge in [-0.25, -0.2) is 14.4 Å². The average molecular weight is 790 g/mol. The molecule has 0 unspecified atom stereocenters. The van der Waals surface area contributed by atoms with Crippen LogP contribution in [0.1, 0.15) is 63.0 Å². The number of pyridine rings is 1. The van der Waals surface area contributed by atoms with Crippen molar-refractivity contribution >= 4 is 22.8 Å². The molecule has 4 heterocycles. The number of halogens is 1. The van der Waals surface area contributed by atoms with Crippen molar-refractivity contribution in [3.05, 3.63) is 88.6 Å². The third kappa shape index (κ3) is 13.3. The van der Waals surface area contributed by atoms with Crippen LogP contribution in [-0.2, 0) is 37.3 Å². The molecule has 2 aliphatic heterocycles. The smallest absolute Gasteiger partial charge is 0.289 e. The third-order valence-electron chi connectivity index (χ3n) is 9.33. The molecule has 2 aromatic heterocycles. The fourth-order valence-electron chi connectivity index (χ4n) is 5.99. The maximum Gasteiger partial charge on any atom is 0.289 e. The molecule has 0 spiro atoms. The number of hydrogen-bond acceptors (Lipinski definition) is 12. The first-order valence-corrected chi connectivity index (χ1v) is 19.3. The lowest BCUT2D eigenvalue weighted by atomic mass is 9.93. The summed E-state index contributed by atoms with van der Waals surface area (Å²) in [6.45, 7) is 7.48. The van der Waals surface area contributed by atoms with Crippen LogP contribution in [0.2, 0.25) is 0 Å². The van der Waals surface area contributed by atoms with Crippen LogP contribution in [0.3, 0.4) is 0 Å². The van der Waals surface area contributed by atoms with Gasteiger partial charge in [0, 0.05) is 75.2 Å². The highest BCUT2D eigenvalue weighted by atomic mass is 19.1. The standard InChI is InChI=1S/C38H46FN7O7.C3H6O/c1-45-34-24-29(37(47)42-12-16-50-18-20-52-22-21-51-19-17-49-15-11-40)7-8-33(34)44-36(45)38(48)46-13-9-28(10-14-46)32-3-2-4-35(43-32)53-26-30-6-5-27(25-41)23-31(30)39;1-2-4-3-1/h2-8,23-24,28H,9-22,26,40H2,1H3,(H,42,47);1-3H2. The second-order valence-electron chi connectivity index (χ2n) is 13.3. The molecule has 2 aromatic carbocycles. The van der Waals surface area contributed by atoms with E-state index in [1.165, 1.54) is 18.6 Å². The molecule has 0 radical (unpaired) electrons. The number of rotatable bonds is 20. The fourth-order valence-corrected chi connectivity index (χ4v) is 5.99. The van der Waals surface area contributed by atoms with Gasteiger partial charge in [-0.15, -0.1) is 0 Å². The number of nitriles is 1. The molecular formula is C41H52FN7O8. The molecule has 0 aliphatic carbocycles. The van der Waals surface area contributed by atoms with Crippen LogP contribution in [0.4, 0.5) is 4.39 Å². The van der Waals surface area contributed by atoms with Gasteiger partial charge in [-0.3, -0.25) is 9.59 Å². The van der Waals surface area contributed by atoms with Crippen LogP contribution < -0.4 is 15.8 Å². The highest BCUT2D eigenvalue weighted by Crippen LogP contribution is 2.29. The Hall–Kier alpha value is -5.02. The lowest BCUT2D eigenvalue weighted by Crippen LogP contribution is -2.39. The van der Waals surface area contributed by atoms with E-state index in [9.17, 15) is 14.0 Å². The summed E-state index contributed by atoms with van der Waals surface area (Å²) in [6, 6.07) is 16.9. The van der Waals surface area contributed by atoms with Gasteiger partial charge in [0.2, 0.25) is 5.88 Å². The summed E-state index contributed by atoms with van der Waals surface area (Å²) < 4.78 is 48.1. The summed E-state index contributed by atoms with van der Waals surface area (Å²) in [6.07, 6.45) is 2.69. The number of aryl methyl sites for hydroxylation is 1. The second kappa shape index (κ2) is 23.3. The molecule has 3 N–H and O–H groups in total. The predicted molar refractivity (Wildman–Crippen MR) is 208 cm³/mol. The summed E-state index contributed by atoms with van der Waals surface area (Å²) in [4.78, 5) is 37.5. The zero-order valence-electron chi connectivity index (χ0n) is 32.5. The second-order valence-corrected chi connectivity index (χ2v) is 13.3. The molecule has 4 aromatic rings. The van der Waals surface area contributed by atoms with Crippen LogP contribution in [-0.4, -0.2) is 123 Å². The number of imidazole rings is 1. The Morgan fingerprint density at radius 1 is 0.930 bits per heavy atom. The maximum absolute atomic E-state index is 14.3. The van der Waals surface area contributed by atoms with Gasteiger partial charge in [-0.05, 0) is 55.7 Å². The van der Waals surface area contributed by atoms with Crippen LogP contribution in [0, 0.1) is 17.1 Å². The number of hydrogen-bond donors (Lipinski definition) is 2. The van der Waals surface area contributed by atoms with Gasteiger partial charge in [0.05, 0.1) is 75.5 Å². The lowest BCUT2D eigenvalue weighted by molar-refractivity contribution is -0.000579. The number of ether oxygens (including phenoxy) is 6. The number of piperidine rings is 1. The number of benzene rings is 2. The van der Waals surface area contributed by atoms with E-state index in [1.807, 2.05) is 18.2 Å². The Bertz CT molecular complexity index is 1920. The minimum atomic E-state index is -0.501. The first-order valence-electron chi connectivity index (χ1n) is 19.3. The van der Waals surface area contributed by atoms with E-state index < -0.39 is 5.82 Å². The maximum atomic E-state index is 14.3. The van der Waals surface area contributed by atoms with Gasteiger partial charge >= 0.3 is 0 Å². The molecule has 16 heteroatoms. The van der Waals surface area contributed by atoms with Gasteiger partial charge in [0.15, 0.2) is 5.82 Å². The van der Waals surface area contributed by atoms with E-state index >= 15 is 0 Å². The molecule has 57 heavy (non-hydrogen) atoms. The van der Waals surface area contributed by atoms with Gasteiger partial charge in [-0.1, -0.05) is 12.1 Å². The van der Waals surface area contributed by atoms with Gasteiger partial charge in [0.25, 0.3) is 11.8 Å². The minimum Gasteiger partial charge on any atom is -0.473 e. The third-order valence-corrected chi connectivity index (χ3v) is 9.33. The van der Waals surface area contributed by atoms with Crippen molar-refractivity contribution in [1.82, 2.24) is 24.8 Å². The summed E-state index contributed by atoms with van der Waals surface area (Å²) in [7, 11) is 1.77. The molecule has 2 fully saturated rings. The number of carbonyl (C=O) groups excluding carboxylic acids is 2. The van der Waals surface area contributed by atoms with Crippen molar-refractivity contribution in [3.63, 3.8) is 0 Å². The van der Waals surface area contributed by atoms with Crippen LogP contribution in [0.5, 0.6) is 5.88 Å². The fraction of sp³-hybridized carbons (Fsp3) is 0.488. The molecular weight excluding hydrogens is 737 g/mol. The number of carbonyl (C=O) groups is 2. The summed E-state index contributed by atoms with van der Waals surface area (Å²) in [5.74, 6) is -0.120. The molecule has 0 atom stereocenters. The number of fused-ring (bicyclic) bond motifs is 1. The van der Waals surface area contributed by atoms with Crippen molar-refractivity contribution in [3.8, 4) is 11.9 Å². The molecule has 15 nitrogen and oxygen atoms in total. The highest BCUT2D eigenvalue weighted by Gasteiger charge is 2.28. The van der Waals surface area contributed by atoms with E-state index in [2.05, 4.69) is 15.3 Å². The van der Waals surface area contributed by atoms with E-state index in [0.717, 1.165) is 18.9 Å². The zero-order chi connectivity index (χ0) is 40.2. The molecule has 6 rings (SSSR count). The van der Waals surface area contributed by atoms with Crippen LogP contribution >= 0.6 is 0 Å². The normalized spacial score (nSPS) is 14.0. The molecule has 0 bridgehead atoms. The van der Waals surface area contributed by atoms with E-state index in [1.54, 1.807) is 46.8 Å². The quantitative estimate of drug-likeness (QED) is 0.124. The number of likely N-dealkylation sites (tertiary alicyclic amines) is 1. The summed E-state index contributed by atoms with van der Waals surface area (Å²) >= 11 is 0. The van der Waals surface area contributed by atoms with Gasteiger partial charge in [-0.2, -0.15) is 5.26 Å². The SMILES string of the molecule is C1COC1.Cn1c(C(=O)N2CCC(c3cccc(OCc4ccc(C#N)cc4F)n3)CC2)nc2ccc(C(=O)NCCOCCOCCOCCOCCN)cc21. The highest BCUT2D eigenvalue weighted by molar-refractivity contribution is 5.99. The largest absolute Gasteiger partial charge is 0.473 e. The zero-order valence-corrected chi connectivity index (χ0v) is 32.5. The molecule has 306 valence electrons. The molecule has 0 saturated carbocycles. The average Bonchev–Trinajstić information content (AvgIpc) is 3.54. The molecule has 2 amide bonds. The molecule has 2 aliphatic rings. The van der Waals surface area contributed by atoms with E-state index in [0.29, 0.717) is 126 Å². The number of nitrogens with two attached hydrogens (primary N) is 1. The first kappa shape index (κ1) is 43.1. The Labute approximate surface area is 332 Å². The van der Waals surface area contributed by atoms with Gasteiger partial charge < -0.3 is 48.9 Å². The van der Waals surface area contributed by atoms with Gasteiger partial charge in [0.1, 0.15) is 12.4 Å². The minimum absolute atomic E-state index is 0.0115. The number of nitrogens with one attached hydrogen (secondary N) is 1. The summed E-state index contributed by atoms with van der Waals surface area (Å²) in [5.41, 5.74) is 8.55. The van der Waals surface area contributed by atoms with Crippen molar-refractivity contribution in [2.45, 2.75) is 31.8 Å². The van der Waals surface area contributed by atoms with Crippen molar-refractivity contribution < 1.29 is 42.4 Å². The first-order chi connectivity index (χ1) is 27.9. The topological polar surface area (TPSA) is 185 Å². The Balaban J connectivity index is 0.00000146. The Kier molecular flexibility index (Phi) is 17.6. The molecule has 2 saturated heterocycles. The van der Waals surface area contributed by atoms with E-state index in [-0.39, 0.29) is 29.9 Å². The van der Waals surface area contributed by atoms with E-state index in [4.69, 9.17) is 39.4 Å². The van der Waals surface area contributed by atoms with Crippen LogP contribution in [0.15, 0.2) is 54.6 Å². The lowest BCUT2D eigenvalue weighted by Gasteiger charge is -2.31. The van der Waals surface area contributed by atoms with Crippen LogP contribution in [0.25, 0.3) is 11.0 Å². The van der Waals surface area contributed by atoms with Crippen molar-refractivity contribution in [1.29, 1.82) is 5.26 Å². The predicted octanol–water partition coefficient (Wildman–Crippen LogP) is 3.74. The van der Waals surface area contributed by atoms with Crippen molar-refractivity contribution in [2.24, 2.45) is 12.8 Å². The number of aromatic nitrogens is 3. The Morgan fingerprint density at radius 3 is 2.23 bits per heavy atom. The number of nitrogens with zero attached hydrogens (tertiary/aromatic N) is 5. The summed E-state index contributed by atoms with van der Waals surface area (Å²) in [5, 5.41) is 11.8. The Morgan fingerprint density at radius 2 is 1.60 bits per heavy atom.